The van der Waals surface area contributed by atoms with Gasteiger partial charge >= 0.3 is 0 Å². The first kappa shape index (κ1) is 14.3. The Morgan fingerprint density at radius 2 is 2.14 bits per heavy atom. The fourth-order valence-electron chi connectivity index (χ4n) is 3.62. The van der Waals surface area contributed by atoms with Crippen LogP contribution in [-0.2, 0) is 15.0 Å². The van der Waals surface area contributed by atoms with E-state index in [9.17, 15) is 9.59 Å². The molecule has 1 aromatic heterocycles. The molecule has 0 radical (unpaired) electrons. The van der Waals surface area contributed by atoms with Crippen LogP contribution in [0, 0.1) is 5.92 Å². The lowest BCUT2D eigenvalue weighted by atomic mass is 9.75. The van der Waals surface area contributed by atoms with Crippen molar-refractivity contribution in [2.75, 3.05) is 6.54 Å². The van der Waals surface area contributed by atoms with E-state index in [1.54, 1.807) is 11.1 Å². The van der Waals surface area contributed by atoms with Crippen LogP contribution in [0.25, 0.3) is 0 Å². The standard InChI is InChI=1S/C14H17ClN4O2/c1-14(11-12(15)18-5-4-17-11)6-10(20)19-7-8(13(16)21)2-3-9(14)19/h4-5,8-9H,2-3,6-7H2,1H3,(H2,16,21). The van der Waals surface area contributed by atoms with Crippen molar-refractivity contribution in [3.63, 3.8) is 0 Å². The molecule has 1 aromatic rings. The Bertz CT molecular complexity index is 608. The summed E-state index contributed by atoms with van der Waals surface area (Å²) in [4.78, 5) is 33.9. The van der Waals surface area contributed by atoms with Crippen LogP contribution in [0.4, 0.5) is 0 Å². The molecule has 0 aliphatic carbocycles. The number of rotatable bonds is 2. The zero-order valence-electron chi connectivity index (χ0n) is 11.8. The van der Waals surface area contributed by atoms with Gasteiger partial charge in [-0.3, -0.25) is 14.6 Å². The minimum Gasteiger partial charge on any atom is -0.369 e. The predicted octanol–water partition coefficient (Wildman–Crippen LogP) is 0.884. The number of amides is 2. The summed E-state index contributed by atoms with van der Waals surface area (Å²) in [5.74, 6) is -0.576. The maximum absolute atomic E-state index is 12.4. The van der Waals surface area contributed by atoms with E-state index >= 15 is 0 Å². The van der Waals surface area contributed by atoms with E-state index in [-0.39, 0.29) is 23.8 Å². The Labute approximate surface area is 127 Å². The lowest BCUT2D eigenvalue weighted by Gasteiger charge is -2.40. The summed E-state index contributed by atoms with van der Waals surface area (Å²) < 4.78 is 0. The molecular formula is C14H17ClN4O2. The van der Waals surface area contributed by atoms with Gasteiger partial charge < -0.3 is 10.6 Å². The van der Waals surface area contributed by atoms with Gasteiger partial charge in [-0.25, -0.2) is 4.98 Å². The summed E-state index contributed by atoms with van der Waals surface area (Å²) in [6.45, 7) is 2.39. The molecule has 0 bridgehead atoms. The molecule has 0 aromatic carbocycles. The summed E-state index contributed by atoms with van der Waals surface area (Å²) in [6.07, 6.45) is 4.88. The fourth-order valence-corrected chi connectivity index (χ4v) is 3.94. The van der Waals surface area contributed by atoms with Gasteiger partial charge in [-0.2, -0.15) is 0 Å². The molecule has 21 heavy (non-hydrogen) atoms. The molecule has 2 aliphatic heterocycles. The number of carbonyl (C=O) groups excluding carboxylic acids is 2. The Morgan fingerprint density at radius 1 is 1.43 bits per heavy atom. The summed E-state index contributed by atoms with van der Waals surface area (Å²) >= 11 is 6.17. The van der Waals surface area contributed by atoms with E-state index in [0.717, 1.165) is 6.42 Å². The maximum Gasteiger partial charge on any atom is 0.223 e. The highest BCUT2D eigenvalue weighted by atomic mass is 35.5. The minimum absolute atomic E-state index is 0.00481. The van der Waals surface area contributed by atoms with Crippen molar-refractivity contribution in [3.05, 3.63) is 23.2 Å². The third-order valence-corrected chi connectivity index (χ3v) is 5.03. The van der Waals surface area contributed by atoms with Crippen molar-refractivity contribution in [1.29, 1.82) is 0 Å². The van der Waals surface area contributed by atoms with Crippen LogP contribution in [0.2, 0.25) is 5.15 Å². The highest BCUT2D eigenvalue weighted by molar-refractivity contribution is 6.30. The number of nitrogens with zero attached hydrogens (tertiary/aromatic N) is 3. The predicted molar refractivity (Wildman–Crippen MR) is 76.4 cm³/mol. The molecule has 112 valence electrons. The van der Waals surface area contributed by atoms with Gasteiger partial charge in [0.15, 0.2) is 5.15 Å². The Morgan fingerprint density at radius 3 is 2.81 bits per heavy atom. The molecule has 3 atom stereocenters. The van der Waals surface area contributed by atoms with Gasteiger partial charge in [0.05, 0.1) is 11.6 Å². The van der Waals surface area contributed by atoms with E-state index in [2.05, 4.69) is 9.97 Å². The first-order valence-corrected chi connectivity index (χ1v) is 7.37. The number of carbonyl (C=O) groups is 2. The second-order valence-corrected chi connectivity index (χ2v) is 6.39. The zero-order chi connectivity index (χ0) is 15.2. The van der Waals surface area contributed by atoms with E-state index in [1.165, 1.54) is 6.20 Å². The molecule has 2 amide bonds. The molecule has 3 unspecified atom stereocenters. The first-order chi connectivity index (χ1) is 9.93. The summed E-state index contributed by atoms with van der Waals surface area (Å²) in [5.41, 5.74) is 5.57. The van der Waals surface area contributed by atoms with Crippen LogP contribution in [0.3, 0.4) is 0 Å². The van der Waals surface area contributed by atoms with Gasteiger partial charge in [0.25, 0.3) is 0 Å². The first-order valence-electron chi connectivity index (χ1n) is 6.99. The highest BCUT2D eigenvalue weighted by Crippen LogP contribution is 2.46. The number of hydrogen-bond acceptors (Lipinski definition) is 4. The SMILES string of the molecule is CC1(c2nccnc2Cl)CC(=O)N2CC(C(N)=O)CCC21. The van der Waals surface area contributed by atoms with E-state index in [4.69, 9.17) is 17.3 Å². The van der Waals surface area contributed by atoms with Crippen LogP contribution in [0.1, 0.15) is 31.9 Å². The maximum atomic E-state index is 12.4. The number of fused-ring (bicyclic) bond motifs is 1. The number of primary amides is 1. The van der Waals surface area contributed by atoms with Crippen LogP contribution < -0.4 is 5.73 Å². The highest BCUT2D eigenvalue weighted by Gasteiger charge is 2.53. The molecule has 0 spiro atoms. The molecule has 7 heteroatoms. The molecule has 6 nitrogen and oxygen atoms in total. The van der Waals surface area contributed by atoms with Gasteiger partial charge in [0, 0.05) is 36.8 Å². The average molecular weight is 309 g/mol. The largest absolute Gasteiger partial charge is 0.369 e. The van der Waals surface area contributed by atoms with Crippen molar-refractivity contribution in [2.45, 2.75) is 37.6 Å². The Kier molecular flexibility index (Phi) is 3.36. The lowest BCUT2D eigenvalue weighted by molar-refractivity contribution is -0.133. The minimum atomic E-state index is -0.467. The molecule has 3 heterocycles. The van der Waals surface area contributed by atoms with Crippen LogP contribution in [-0.4, -0.2) is 39.3 Å². The molecule has 2 saturated heterocycles. The van der Waals surface area contributed by atoms with Crippen molar-refractivity contribution < 1.29 is 9.59 Å². The van der Waals surface area contributed by atoms with Crippen LogP contribution in [0.5, 0.6) is 0 Å². The molecule has 2 N–H and O–H groups in total. The fraction of sp³-hybridized carbons (Fsp3) is 0.571. The number of aromatic nitrogens is 2. The average Bonchev–Trinajstić information content (AvgIpc) is 2.71. The van der Waals surface area contributed by atoms with Gasteiger partial charge in [0.2, 0.25) is 11.8 Å². The van der Waals surface area contributed by atoms with Crippen molar-refractivity contribution in [3.8, 4) is 0 Å². The van der Waals surface area contributed by atoms with Crippen molar-refractivity contribution in [2.24, 2.45) is 11.7 Å². The van der Waals surface area contributed by atoms with Gasteiger partial charge in [-0.15, -0.1) is 0 Å². The van der Waals surface area contributed by atoms with Crippen molar-refractivity contribution in [1.82, 2.24) is 14.9 Å². The zero-order valence-corrected chi connectivity index (χ0v) is 12.5. The molecular weight excluding hydrogens is 292 g/mol. The third-order valence-electron chi connectivity index (χ3n) is 4.75. The smallest absolute Gasteiger partial charge is 0.223 e. The molecule has 3 rings (SSSR count). The van der Waals surface area contributed by atoms with Gasteiger partial charge in [-0.1, -0.05) is 18.5 Å². The number of hydrogen-bond donors (Lipinski definition) is 1. The third kappa shape index (κ3) is 2.18. The van der Waals surface area contributed by atoms with E-state index < -0.39 is 5.41 Å². The summed E-state index contributed by atoms with van der Waals surface area (Å²) in [5, 5.41) is 0.340. The molecule has 2 fully saturated rings. The van der Waals surface area contributed by atoms with E-state index in [1.807, 2.05) is 6.92 Å². The number of halogens is 1. The Hall–Kier alpha value is -1.69. The Balaban J connectivity index is 1.95. The topological polar surface area (TPSA) is 89.2 Å². The summed E-state index contributed by atoms with van der Waals surface area (Å²) in [7, 11) is 0. The molecule has 2 aliphatic rings. The van der Waals surface area contributed by atoms with Crippen LogP contribution >= 0.6 is 11.6 Å². The van der Waals surface area contributed by atoms with E-state index in [0.29, 0.717) is 30.2 Å². The number of nitrogens with two attached hydrogens (primary N) is 1. The van der Waals surface area contributed by atoms with Crippen molar-refractivity contribution >= 4 is 23.4 Å². The second-order valence-electron chi connectivity index (χ2n) is 6.03. The van der Waals surface area contributed by atoms with Crippen LogP contribution in [0.15, 0.2) is 12.4 Å². The summed E-state index contributed by atoms with van der Waals surface area (Å²) in [6, 6.07) is -0.00481. The quantitative estimate of drug-likeness (QED) is 0.878. The monoisotopic (exact) mass is 308 g/mol. The second kappa shape index (κ2) is 4.94. The van der Waals surface area contributed by atoms with Gasteiger partial charge in [-0.05, 0) is 12.8 Å². The molecule has 0 saturated carbocycles. The van der Waals surface area contributed by atoms with Gasteiger partial charge in [0.1, 0.15) is 0 Å². The normalized spacial score (nSPS) is 32.1. The number of piperidine rings is 1. The lowest BCUT2D eigenvalue weighted by Crippen LogP contribution is -2.50.